The number of hydrogen-bond donors (Lipinski definition) is 0. The molecule has 0 saturated carbocycles. The van der Waals surface area contributed by atoms with Crippen LogP contribution in [0.15, 0.2) is 35.5 Å². The minimum atomic E-state index is 0.249. The van der Waals surface area contributed by atoms with E-state index < -0.39 is 0 Å². The van der Waals surface area contributed by atoms with Crippen molar-refractivity contribution in [2.75, 3.05) is 0 Å². The Balaban J connectivity index is 2.46. The number of allylic oxidation sites excluding steroid dienone is 4. The van der Waals surface area contributed by atoms with Gasteiger partial charge in [-0.1, -0.05) is 38.2 Å². The van der Waals surface area contributed by atoms with Crippen LogP contribution in [0.1, 0.15) is 34.1 Å². The Kier molecular flexibility index (Phi) is 2.59. The van der Waals surface area contributed by atoms with Gasteiger partial charge < -0.3 is 4.74 Å². The molecule has 1 aliphatic heterocycles. The van der Waals surface area contributed by atoms with Gasteiger partial charge in [0.1, 0.15) is 6.10 Å². The molecule has 0 aromatic rings. The minimum Gasteiger partial charge on any atom is -0.364 e. The van der Waals surface area contributed by atoms with Gasteiger partial charge >= 0.3 is 0 Å². The van der Waals surface area contributed by atoms with E-state index in [1.54, 1.807) is 0 Å². The van der Waals surface area contributed by atoms with Crippen LogP contribution >= 0.6 is 0 Å². The van der Waals surface area contributed by atoms with Gasteiger partial charge in [0.15, 0.2) is 0 Å². The molecule has 1 heterocycles. The van der Waals surface area contributed by atoms with Gasteiger partial charge in [-0.3, -0.25) is 0 Å². The summed E-state index contributed by atoms with van der Waals surface area (Å²) in [6.07, 6.45) is 10.7. The van der Waals surface area contributed by atoms with Crippen molar-refractivity contribution >= 4 is 0 Å². The van der Waals surface area contributed by atoms with Crippen LogP contribution in [-0.2, 0) is 4.74 Å². The summed E-state index contributed by atoms with van der Waals surface area (Å²) in [5.41, 5.74) is 3.08. The van der Waals surface area contributed by atoms with E-state index in [0.29, 0.717) is 12.2 Å². The molecule has 15 heavy (non-hydrogen) atoms. The third-order valence-corrected chi connectivity index (χ3v) is 3.32. The molecule has 0 amide bonds. The maximum atomic E-state index is 5.71. The van der Waals surface area contributed by atoms with E-state index in [9.17, 15) is 0 Å². The van der Waals surface area contributed by atoms with E-state index in [1.807, 2.05) is 0 Å². The Hall–Kier alpha value is -0.820. The van der Waals surface area contributed by atoms with E-state index in [-0.39, 0.29) is 5.41 Å². The number of fused-ring (bicyclic) bond motifs is 1. The summed E-state index contributed by atoms with van der Waals surface area (Å²) in [5.74, 6) is 0. The first kappa shape index (κ1) is 10.7. The predicted molar refractivity (Wildman–Crippen MR) is 63.7 cm³/mol. The maximum Gasteiger partial charge on any atom is 0.109 e. The lowest BCUT2D eigenvalue weighted by molar-refractivity contribution is 0.324. The Bertz CT molecular complexity index is 344. The highest BCUT2D eigenvalue weighted by Gasteiger charge is 2.50. The summed E-state index contributed by atoms with van der Waals surface area (Å²) in [5, 5.41) is 0. The van der Waals surface area contributed by atoms with E-state index in [0.717, 1.165) is 6.42 Å². The first-order valence-corrected chi connectivity index (χ1v) is 5.75. The molecule has 2 rings (SSSR count). The molecule has 2 aliphatic rings. The van der Waals surface area contributed by atoms with Crippen molar-refractivity contribution in [3.63, 3.8) is 0 Å². The first-order chi connectivity index (χ1) is 7.10. The van der Waals surface area contributed by atoms with Gasteiger partial charge in [-0.05, 0) is 36.8 Å². The lowest BCUT2D eigenvalue weighted by Gasteiger charge is -2.30. The molecule has 2 unspecified atom stereocenters. The topological polar surface area (TPSA) is 12.5 Å². The van der Waals surface area contributed by atoms with Crippen LogP contribution in [0.2, 0.25) is 0 Å². The van der Waals surface area contributed by atoms with Crippen LogP contribution < -0.4 is 0 Å². The normalized spacial score (nSPS) is 33.9. The summed E-state index contributed by atoms with van der Waals surface area (Å²) in [7, 11) is 0. The molecule has 0 N–H and O–H groups in total. The van der Waals surface area contributed by atoms with Crippen molar-refractivity contribution in [2.24, 2.45) is 5.41 Å². The molecular formula is C14H20O. The van der Waals surface area contributed by atoms with Crippen LogP contribution in [0.4, 0.5) is 0 Å². The molecule has 1 aliphatic carbocycles. The van der Waals surface area contributed by atoms with Crippen LogP contribution in [0, 0.1) is 5.41 Å². The molecule has 0 spiro atoms. The van der Waals surface area contributed by atoms with Gasteiger partial charge in [0.25, 0.3) is 0 Å². The summed E-state index contributed by atoms with van der Waals surface area (Å²) >= 11 is 0. The molecule has 1 fully saturated rings. The number of ether oxygens (including phenoxy) is 1. The Morgan fingerprint density at radius 1 is 1.20 bits per heavy atom. The standard InChI is InChI=1S/C14H20O/c1-5-7-10-11(8-6-2)14(3,4)9-12-13(10)15-12/h5-8,12-13H,9H2,1-4H3/b7-5-,8-6-. The zero-order chi connectivity index (χ0) is 11.1. The third-order valence-electron chi connectivity index (χ3n) is 3.32. The van der Waals surface area contributed by atoms with Gasteiger partial charge in [-0.15, -0.1) is 0 Å². The molecule has 0 radical (unpaired) electrons. The van der Waals surface area contributed by atoms with Crippen molar-refractivity contribution in [2.45, 2.75) is 46.3 Å². The summed E-state index contributed by atoms with van der Waals surface area (Å²) < 4.78 is 5.71. The van der Waals surface area contributed by atoms with E-state index in [1.165, 1.54) is 11.1 Å². The van der Waals surface area contributed by atoms with Gasteiger partial charge in [0, 0.05) is 0 Å². The van der Waals surface area contributed by atoms with Crippen LogP contribution in [0.3, 0.4) is 0 Å². The van der Waals surface area contributed by atoms with Crippen LogP contribution in [0.25, 0.3) is 0 Å². The fourth-order valence-corrected chi connectivity index (χ4v) is 2.58. The second-order valence-electron chi connectivity index (χ2n) is 5.05. The summed E-state index contributed by atoms with van der Waals surface area (Å²) in [6, 6.07) is 0. The second-order valence-corrected chi connectivity index (χ2v) is 5.05. The highest BCUT2D eigenvalue weighted by Crippen LogP contribution is 2.50. The fraction of sp³-hybridized carbons (Fsp3) is 0.571. The second kappa shape index (κ2) is 3.64. The Morgan fingerprint density at radius 2 is 1.87 bits per heavy atom. The largest absolute Gasteiger partial charge is 0.364 e. The molecule has 0 aromatic carbocycles. The lowest BCUT2D eigenvalue weighted by atomic mass is 9.72. The molecular weight excluding hydrogens is 184 g/mol. The zero-order valence-electron chi connectivity index (χ0n) is 10.1. The average molecular weight is 204 g/mol. The SMILES string of the molecule is C/C=C\C1=C(/C=C\C)C(C)(C)CC2OC12. The molecule has 1 saturated heterocycles. The average Bonchev–Trinajstić information content (AvgIpc) is 2.88. The smallest absolute Gasteiger partial charge is 0.109 e. The minimum absolute atomic E-state index is 0.249. The highest BCUT2D eigenvalue weighted by molar-refractivity contribution is 5.45. The predicted octanol–water partition coefficient (Wildman–Crippen LogP) is 3.63. The van der Waals surface area contributed by atoms with Crippen LogP contribution in [0.5, 0.6) is 0 Å². The van der Waals surface area contributed by atoms with Crippen molar-refractivity contribution in [1.29, 1.82) is 0 Å². The molecule has 1 nitrogen and oxygen atoms in total. The highest BCUT2D eigenvalue weighted by atomic mass is 16.6. The quantitative estimate of drug-likeness (QED) is 0.626. The van der Waals surface area contributed by atoms with Gasteiger partial charge in [0.2, 0.25) is 0 Å². The third kappa shape index (κ3) is 1.81. The first-order valence-electron chi connectivity index (χ1n) is 5.75. The number of rotatable bonds is 2. The zero-order valence-corrected chi connectivity index (χ0v) is 10.1. The summed E-state index contributed by atoms with van der Waals surface area (Å²) in [6.45, 7) is 8.77. The van der Waals surface area contributed by atoms with Crippen molar-refractivity contribution in [3.8, 4) is 0 Å². The van der Waals surface area contributed by atoms with Crippen LogP contribution in [-0.4, -0.2) is 12.2 Å². The van der Waals surface area contributed by atoms with E-state index in [2.05, 4.69) is 52.0 Å². The number of hydrogen-bond acceptors (Lipinski definition) is 1. The molecule has 2 atom stereocenters. The van der Waals surface area contributed by atoms with E-state index in [4.69, 9.17) is 4.74 Å². The molecule has 1 heteroatoms. The van der Waals surface area contributed by atoms with Crippen molar-refractivity contribution < 1.29 is 4.74 Å². The van der Waals surface area contributed by atoms with Crippen molar-refractivity contribution in [3.05, 3.63) is 35.5 Å². The lowest BCUT2D eigenvalue weighted by Crippen LogP contribution is -2.24. The van der Waals surface area contributed by atoms with Gasteiger partial charge in [-0.25, -0.2) is 0 Å². The molecule has 0 aromatic heterocycles. The Morgan fingerprint density at radius 3 is 2.47 bits per heavy atom. The van der Waals surface area contributed by atoms with E-state index >= 15 is 0 Å². The Labute approximate surface area is 92.5 Å². The molecule has 0 bridgehead atoms. The summed E-state index contributed by atoms with van der Waals surface area (Å²) in [4.78, 5) is 0. The monoisotopic (exact) mass is 204 g/mol. The van der Waals surface area contributed by atoms with Gasteiger partial charge in [-0.2, -0.15) is 0 Å². The fourth-order valence-electron chi connectivity index (χ4n) is 2.58. The van der Waals surface area contributed by atoms with Crippen molar-refractivity contribution in [1.82, 2.24) is 0 Å². The molecule has 82 valence electrons. The van der Waals surface area contributed by atoms with Gasteiger partial charge in [0.05, 0.1) is 6.10 Å². The number of epoxide rings is 1. The maximum absolute atomic E-state index is 5.71.